The fraction of sp³-hybridized carbons (Fsp3) is 1.00. The van der Waals surface area contributed by atoms with Gasteiger partial charge < -0.3 is 9.05 Å². The smallest absolute Gasteiger partial charge is 0.233 e. The number of rotatable bonds is 7. The van der Waals surface area contributed by atoms with Crippen LogP contribution in [0.4, 0.5) is 0 Å². The molecule has 104 valence electrons. The van der Waals surface area contributed by atoms with Crippen molar-refractivity contribution in [2.75, 3.05) is 25.5 Å². The van der Waals surface area contributed by atoms with Crippen LogP contribution in [0.3, 0.4) is 0 Å². The fourth-order valence-electron chi connectivity index (χ4n) is 1.62. The molecule has 3 nitrogen and oxygen atoms in total. The summed E-state index contributed by atoms with van der Waals surface area (Å²) in [6.07, 6.45) is 2.25. The van der Waals surface area contributed by atoms with E-state index in [-0.39, 0.29) is 13.1 Å². The molecule has 0 radical (unpaired) electrons. The molecule has 0 atom stereocenters. The van der Waals surface area contributed by atoms with Crippen molar-refractivity contribution in [2.45, 2.75) is 54.0 Å². The van der Waals surface area contributed by atoms with Crippen LogP contribution in [-0.2, 0) is 9.05 Å². The average molecular weight is 281 g/mol. The highest BCUT2D eigenvalue weighted by atomic mass is 32.1. The summed E-state index contributed by atoms with van der Waals surface area (Å²) in [5, 5.41) is 0. The fourth-order valence-corrected chi connectivity index (χ4v) is 9.86. The van der Waals surface area contributed by atoms with Crippen LogP contribution in [0.2, 0.25) is 0 Å². The van der Waals surface area contributed by atoms with Gasteiger partial charge in [0.1, 0.15) is 0 Å². The Morgan fingerprint density at radius 1 is 0.941 bits per heavy atom. The lowest BCUT2D eigenvalue weighted by atomic mass is 10.1. The lowest BCUT2D eigenvalue weighted by Gasteiger charge is -2.33. The van der Waals surface area contributed by atoms with Crippen LogP contribution in [-0.4, -0.2) is 31.1 Å². The number of hydrogen-bond donors (Lipinski definition) is 0. The van der Waals surface area contributed by atoms with Gasteiger partial charge in [-0.15, -0.1) is 0 Å². The average Bonchev–Trinajstić information content (AvgIpc) is 2.17. The van der Waals surface area contributed by atoms with Gasteiger partial charge in [-0.1, -0.05) is 13.8 Å². The zero-order valence-electron chi connectivity index (χ0n) is 12.5. The molecular formula is C12H29NO2P2. The Bertz CT molecular complexity index is 248. The van der Waals surface area contributed by atoms with Gasteiger partial charge in [0, 0.05) is 0 Å². The lowest BCUT2D eigenvalue weighted by Crippen LogP contribution is -2.11. The first kappa shape index (κ1) is 17.6. The van der Waals surface area contributed by atoms with Crippen LogP contribution in [0, 0.1) is 0 Å². The molecule has 0 heterocycles. The minimum Gasteiger partial charge on any atom is -0.321 e. The van der Waals surface area contributed by atoms with Gasteiger partial charge >= 0.3 is 0 Å². The van der Waals surface area contributed by atoms with Crippen LogP contribution in [0.25, 0.3) is 0 Å². The molecule has 0 amide bonds. The maximum Gasteiger partial charge on any atom is 0.233 e. The predicted molar refractivity (Wildman–Crippen MR) is 80.4 cm³/mol. The van der Waals surface area contributed by atoms with Crippen molar-refractivity contribution in [2.24, 2.45) is 4.74 Å². The lowest BCUT2D eigenvalue weighted by molar-refractivity contribution is 0.267. The summed E-state index contributed by atoms with van der Waals surface area (Å²) in [6.45, 7) is 16.3. The highest BCUT2D eigenvalue weighted by molar-refractivity contribution is 8.29. The molecule has 0 aliphatic carbocycles. The molecule has 0 saturated heterocycles. The van der Waals surface area contributed by atoms with Crippen LogP contribution in [0.1, 0.15) is 48.5 Å². The second-order valence-corrected chi connectivity index (χ2v) is 11.9. The minimum absolute atomic E-state index is 0.0942. The molecule has 0 rings (SSSR count). The summed E-state index contributed by atoms with van der Waals surface area (Å²) in [7, 11) is -2.32. The third-order valence-electron chi connectivity index (χ3n) is 2.11. The van der Waals surface area contributed by atoms with Gasteiger partial charge in [-0.25, -0.2) is 4.74 Å². The molecule has 0 aromatic rings. The van der Waals surface area contributed by atoms with Gasteiger partial charge in [0.05, 0.1) is 18.8 Å². The topological polar surface area (TPSA) is 30.8 Å². The molecule has 0 fully saturated rings. The van der Waals surface area contributed by atoms with Crippen LogP contribution < -0.4 is 0 Å². The Morgan fingerprint density at radius 2 is 1.35 bits per heavy atom. The molecule has 0 aromatic carbocycles. The standard InChI is InChI=1S/C12H29NO2P2/c1-8-14-17(15-9-2,13-12(5,6)7)16(10-3)11-4/h8-11H2,1-7H3. The number of nitrogens with zero attached hydrogens (tertiary/aromatic N) is 1. The predicted octanol–water partition coefficient (Wildman–Crippen LogP) is 5.33. The summed E-state index contributed by atoms with van der Waals surface area (Å²) >= 11 is 0. The van der Waals surface area contributed by atoms with Crippen LogP contribution in [0.5, 0.6) is 0 Å². The SMILES string of the molecule is CCOP(=NC(C)(C)C)(OCC)P(CC)CC. The summed E-state index contributed by atoms with van der Waals surface area (Å²) in [5.74, 6) is 0. The normalized spacial score (nSPS) is 13.2. The summed E-state index contributed by atoms with van der Waals surface area (Å²) in [5.41, 5.74) is -0.0942. The van der Waals surface area contributed by atoms with Crippen molar-refractivity contribution >= 4 is 14.8 Å². The zero-order valence-corrected chi connectivity index (χ0v) is 14.3. The summed E-state index contributed by atoms with van der Waals surface area (Å²) < 4.78 is 17.0. The van der Waals surface area contributed by atoms with Crippen molar-refractivity contribution in [3.8, 4) is 0 Å². The zero-order chi connectivity index (χ0) is 13.5. The molecule has 5 heteroatoms. The second-order valence-electron chi connectivity index (χ2n) is 4.74. The van der Waals surface area contributed by atoms with Crippen LogP contribution >= 0.6 is 14.8 Å². The van der Waals surface area contributed by atoms with Gasteiger partial charge in [-0.2, -0.15) is 0 Å². The van der Waals surface area contributed by atoms with E-state index in [0.29, 0.717) is 13.2 Å². The molecule has 0 aliphatic heterocycles. The Hall–Kier alpha value is 0.580. The number of hydrogen-bond acceptors (Lipinski definition) is 3. The monoisotopic (exact) mass is 281 g/mol. The molecule has 0 unspecified atom stereocenters. The first-order valence-electron chi connectivity index (χ1n) is 6.53. The highest BCUT2D eigenvalue weighted by Gasteiger charge is 2.32. The second kappa shape index (κ2) is 7.89. The van der Waals surface area contributed by atoms with Crippen molar-refractivity contribution in [1.82, 2.24) is 0 Å². The Morgan fingerprint density at radius 3 is 1.59 bits per heavy atom. The van der Waals surface area contributed by atoms with Crippen molar-refractivity contribution in [3.05, 3.63) is 0 Å². The van der Waals surface area contributed by atoms with E-state index < -0.39 is 7.20 Å². The molecule has 0 aromatic heterocycles. The van der Waals surface area contributed by atoms with Gasteiger partial charge in [-0.05, 0) is 54.6 Å². The quantitative estimate of drug-likeness (QED) is 0.591. The van der Waals surface area contributed by atoms with E-state index in [4.69, 9.17) is 13.8 Å². The largest absolute Gasteiger partial charge is 0.321 e. The maximum atomic E-state index is 6.04. The van der Waals surface area contributed by atoms with Gasteiger partial charge in [0.2, 0.25) is 7.20 Å². The molecule has 0 saturated carbocycles. The molecule has 0 spiro atoms. The molecule has 0 bridgehead atoms. The maximum absolute atomic E-state index is 6.04. The van der Waals surface area contributed by atoms with Crippen molar-refractivity contribution in [3.63, 3.8) is 0 Å². The summed E-state index contributed by atoms with van der Waals surface area (Å²) in [6, 6.07) is 0. The van der Waals surface area contributed by atoms with Gasteiger partial charge in [0.25, 0.3) is 0 Å². The Balaban J connectivity index is 5.48. The molecule has 17 heavy (non-hydrogen) atoms. The third kappa shape index (κ3) is 5.83. The van der Waals surface area contributed by atoms with E-state index in [1.165, 1.54) is 0 Å². The van der Waals surface area contributed by atoms with Crippen molar-refractivity contribution in [1.29, 1.82) is 0 Å². The van der Waals surface area contributed by atoms with E-state index in [1.807, 2.05) is 13.8 Å². The third-order valence-corrected chi connectivity index (χ3v) is 11.1. The van der Waals surface area contributed by atoms with Gasteiger partial charge in [-0.3, -0.25) is 0 Å². The molecular weight excluding hydrogens is 252 g/mol. The van der Waals surface area contributed by atoms with E-state index in [9.17, 15) is 0 Å². The molecule has 0 N–H and O–H groups in total. The van der Waals surface area contributed by atoms with E-state index in [0.717, 1.165) is 12.3 Å². The van der Waals surface area contributed by atoms with E-state index in [2.05, 4.69) is 34.6 Å². The van der Waals surface area contributed by atoms with E-state index in [1.54, 1.807) is 0 Å². The van der Waals surface area contributed by atoms with Gasteiger partial charge in [0.15, 0.2) is 0 Å². The first-order chi connectivity index (χ1) is 7.85. The highest BCUT2D eigenvalue weighted by Crippen LogP contribution is 2.79. The Kier molecular flexibility index (Phi) is 8.16. The minimum atomic E-state index is -2.04. The van der Waals surface area contributed by atoms with E-state index >= 15 is 0 Å². The van der Waals surface area contributed by atoms with Crippen LogP contribution in [0.15, 0.2) is 4.74 Å². The first-order valence-corrected chi connectivity index (χ1v) is 10.5. The Labute approximate surface area is 109 Å². The molecule has 0 aliphatic rings. The van der Waals surface area contributed by atoms with Crippen molar-refractivity contribution < 1.29 is 9.05 Å². The summed E-state index contributed by atoms with van der Waals surface area (Å²) in [4.78, 5) is 0.